The van der Waals surface area contributed by atoms with Crippen LogP contribution < -0.4 is 9.80 Å². The summed E-state index contributed by atoms with van der Waals surface area (Å²) in [6.07, 6.45) is 2.00. The molecule has 0 N–H and O–H groups in total. The second-order valence-corrected chi connectivity index (χ2v) is 16.7. The van der Waals surface area contributed by atoms with Crippen LogP contribution in [0.2, 0.25) is 0 Å². The summed E-state index contributed by atoms with van der Waals surface area (Å²) >= 11 is 0. The molecule has 0 saturated heterocycles. The van der Waals surface area contributed by atoms with Gasteiger partial charge >= 0.3 is 0 Å². The van der Waals surface area contributed by atoms with E-state index in [-0.39, 0.29) is 36.7 Å². The van der Waals surface area contributed by atoms with Crippen LogP contribution in [0.15, 0.2) is 60.7 Å². The molecule has 4 aromatic carbocycles. The predicted molar refractivity (Wildman–Crippen MR) is 216 cm³/mol. The molecular formula is C40H48N6O4S2. The van der Waals surface area contributed by atoms with E-state index in [1.807, 2.05) is 74.8 Å². The number of rotatable bonds is 17. The first kappa shape index (κ1) is 37.7. The molecule has 4 aromatic rings. The maximum Gasteiger partial charge on any atom is 0.261 e. The molecule has 2 aliphatic rings. The lowest BCUT2D eigenvalue weighted by atomic mass is 9.92. The molecule has 10 nitrogen and oxygen atoms in total. The van der Waals surface area contributed by atoms with Gasteiger partial charge in [0.15, 0.2) is 0 Å². The van der Waals surface area contributed by atoms with Crippen LogP contribution in [0.25, 0.3) is 21.5 Å². The van der Waals surface area contributed by atoms with Crippen molar-refractivity contribution in [1.82, 2.24) is 19.6 Å². The summed E-state index contributed by atoms with van der Waals surface area (Å²) in [5.74, 6) is -0.0603. The normalized spacial score (nSPS) is 14.2. The zero-order valence-corrected chi connectivity index (χ0v) is 32.6. The Morgan fingerprint density at radius 2 is 0.846 bits per heavy atom. The summed E-state index contributed by atoms with van der Waals surface area (Å²) in [7, 11) is 15.4. The second-order valence-electron chi connectivity index (χ2n) is 14.0. The number of imide groups is 2. The molecular weight excluding hydrogens is 693 g/mol. The number of benzene rings is 4. The summed E-state index contributed by atoms with van der Waals surface area (Å²) in [4.78, 5) is 65.9. The molecule has 0 radical (unpaired) electrons. The van der Waals surface area contributed by atoms with Crippen molar-refractivity contribution in [2.75, 3.05) is 103 Å². The van der Waals surface area contributed by atoms with Crippen molar-refractivity contribution < 1.29 is 19.2 Å². The molecule has 0 spiro atoms. The zero-order valence-electron chi connectivity index (χ0n) is 31.0. The van der Waals surface area contributed by atoms with Gasteiger partial charge in [0.05, 0.1) is 0 Å². The number of amides is 4. The number of anilines is 2. The van der Waals surface area contributed by atoms with E-state index < -0.39 is 0 Å². The Balaban J connectivity index is 1.05. The first-order chi connectivity index (χ1) is 25.0. The summed E-state index contributed by atoms with van der Waals surface area (Å²) in [5.41, 5.74) is 4.22. The third-order valence-electron chi connectivity index (χ3n) is 9.84. The number of nitrogens with zero attached hydrogens (tertiary/aromatic N) is 6. The zero-order chi connectivity index (χ0) is 37.1. The lowest BCUT2D eigenvalue weighted by Gasteiger charge is -2.30. The summed E-state index contributed by atoms with van der Waals surface area (Å²) in [5, 5.41) is 3.28. The van der Waals surface area contributed by atoms with Gasteiger partial charge in [0.1, 0.15) is 0 Å². The fraction of sp³-hybridized carbons (Fsp3) is 0.400. The minimum Gasteiger partial charge on any atom is -0.374 e. The van der Waals surface area contributed by atoms with E-state index in [1.54, 1.807) is 0 Å². The van der Waals surface area contributed by atoms with Crippen LogP contribution in [0.4, 0.5) is 11.4 Å². The lowest BCUT2D eigenvalue weighted by Crippen LogP contribution is -2.42. The van der Waals surface area contributed by atoms with Crippen molar-refractivity contribution in [3.05, 3.63) is 82.9 Å². The minimum atomic E-state index is -0.277. The molecule has 0 bridgehead atoms. The Morgan fingerprint density at radius 3 is 1.21 bits per heavy atom. The quantitative estimate of drug-likeness (QED) is 0.0726. The molecule has 0 aromatic heterocycles. The SMILES string of the molecule is CN(C)CCCN(C)c1ccc2c3c(cccc13)C(=O)N(CCSSCCN1C(=O)c3cccc4c(N(C)CCCN(C)C)ccc(c34)C1=O)C2=O. The van der Waals surface area contributed by atoms with Crippen LogP contribution in [0.1, 0.15) is 54.3 Å². The van der Waals surface area contributed by atoms with Crippen LogP contribution in [0, 0.1) is 0 Å². The molecule has 2 aliphatic heterocycles. The van der Waals surface area contributed by atoms with Gasteiger partial charge in [-0.1, -0.05) is 45.9 Å². The molecule has 0 unspecified atom stereocenters. The van der Waals surface area contributed by atoms with E-state index in [2.05, 4.69) is 47.8 Å². The average molecular weight is 741 g/mol. The van der Waals surface area contributed by atoms with Gasteiger partial charge < -0.3 is 19.6 Å². The van der Waals surface area contributed by atoms with E-state index in [0.29, 0.717) is 33.8 Å². The maximum absolute atomic E-state index is 13.6. The van der Waals surface area contributed by atoms with Crippen molar-refractivity contribution >= 4 is 78.1 Å². The van der Waals surface area contributed by atoms with Crippen molar-refractivity contribution in [3.63, 3.8) is 0 Å². The summed E-state index contributed by atoms with van der Waals surface area (Å²) in [6, 6.07) is 19.1. The Bertz CT molecular complexity index is 1830. The first-order valence-corrected chi connectivity index (χ1v) is 20.3. The van der Waals surface area contributed by atoms with Crippen molar-refractivity contribution in [3.8, 4) is 0 Å². The van der Waals surface area contributed by atoms with Crippen LogP contribution in [0.5, 0.6) is 0 Å². The molecule has 0 aliphatic carbocycles. The van der Waals surface area contributed by atoms with Gasteiger partial charge in [-0.2, -0.15) is 0 Å². The third kappa shape index (κ3) is 7.52. The highest BCUT2D eigenvalue weighted by molar-refractivity contribution is 8.76. The molecule has 0 atom stereocenters. The van der Waals surface area contributed by atoms with E-state index in [9.17, 15) is 19.2 Å². The molecule has 0 saturated carbocycles. The van der Waals surface area contributed by atoms with E-state index in [4.69, 9.17) is 0 Å². The van der Waals surface area contributed by atoms with Crippen LogP contribution in [0.3, 0.4) is 0 Å². The summed E-state index contributed by atoms with van der Waals surface area (Å²) < 4.78 is 0. The monoisotopic (exact) mass is 740 g/mol. The first-order valence-electron chi connectivity index (χ1n) is 17.8. The molecule has 12 heteroatoms. The molecule has 4 amide bonds. The smallest absolute Gasteiger partial charge is 0.261 e. The number of carbonyl (C=O) groups is 4. The molecule has 0 fully saturated rings. The van der Waals surface area contributed by atoms with Gasteiger partial charge in [0.25, 0.3) is 23.6 Å². The van der Waals surface area contributed by atoms with Crippen LogP contribution in [-0.2, 0) is 0 Å². The molecule has 6 rings (SSSR count). The standard InChI is InChI=1S/C40H48N6O4S2/c1-41(2)19-9-21-43(5)33-17-15-31-35-27(33)11-7-13-29(35)37(47)45(39(31)49)23-25-51-52-26-24-46-38(48)30-14-8-12-28-34(44(6)22-10-20-42(3)4)18-16-32(36(28)30)40(46)50/h7-8,11-18H,9-10,19-26H2,1-6H3. The molecule has 52 heavy (non-hydrogen) atoms. The highest BCUT2D eigenvalue weighted by Crippen LogP contribution is 2.38. The molecule has 2 heterocycles. The Labute approximate surface area is 314 Å². The third-order valence-corrected chi connectivity index (χ3v) is 12.2. The van der Waals surface area contributed by atoms with Crippen molar-refractivity contribution in [2.45, 2.75) is 12.8 Å². The lowest BCUT2D eigenvalue weighted by molar-refractivity contribution is 0.0605. The highest BCUT2D eigenvalue weighted by Gasteiger charge is 2.35. The van der Waals surface area contributed by atoms with Crippen molar-refractivity contribution in [1.29, 1.82) is 0 Å². The van der Waals surface area contributed by atoms with Crippen LogP contribution >= 0.6 is 21.6 Å². The Hall–Kier alpha value is -4.10. The minimum absolute atomic E-state index is 0.264. The topological polar surface area (TPSA) is 87.7 Å². The van der Waals surface area contributed by atoms with E-state index in [1.165, 1.54) is 31.4 Å². The average Bonchev–Trinajstić information content (AvgIpc) is 3.12. The van der Waals surface area contributed by atoms with Crippen molar-refractivity contribution in [2.24, 2.45) is 0 Å². The van der Waals surface area contributed by atoms with E-state index >= 15 is 0 Å². The van der Waals surface area contributed by atoms with Crippen LogP contribution in [-0.4, -0.2) is 136 Å². The Morgan fingerprint density at radius 1 is 0.481 bits per heavy atom. The second kappa shape index (κ2) is 16.3. The predicted octanol–water partition coefficient (Wildman–Crippen LogP) is 6.04. The van der Waals surface area contributed by atoms with E-state index in [0.717, 1.165) is 71.9 Å². The number of hydrogen-bond donors (Lipinski definition) is 0. The highest BCUT2D eigenvalue weighted by atomic mass is 33.1. The van der Waals surface area contributed by atoms with Gasteiger partial charge in [0, 0.05) is 107 Å². The molecule has 274 valence electrons. The van der Waals surface area contributed by atoms with Gasteiger partial charge in [-0.3, -0.25) is 29.0 Å². The largest absolute Gasteiger partial charge is 0.374 e. The fourth-order valence-corrected chi connectivity index (χ4v) is 9.10. The van der Waals surface area contributed by atoms with Gasteiger partial charge in [-0.25, -0.2) is 0 Å². The summed E-state index contributed by atoms with van der Waals surface area (Å²) in [6.45, 7) is 4.20. The van der Waals surface area contributed by atoms with Gasteiger partial charge in [-0.05, 0) is 90.5 Å². The fourth-order valence-electron chi connectivity index (χ4n) is 7.20. The van der Waals surface area contributed by atoms with Gasteiger partial charge in [0.2, 0.25) is 0 Å². The number of carbonyl (C=O) groups excluding carboxylic acids is 4. The number of hydrogen-bond acceptors (Lipinski definition) is 10. The Kier molecular flexibility index (Phi) is 11.8. The van der Waals surface area contributed by atoms with Gasteiger partial charge in [-0.15, -0.1) is 0 Å². The maximum atomic E-state index is 13.6.